The topological polar surface area (TPSA) is 40.6 Å². The zero-order valence-electron chi connectivity index (χ0n) is 12.5. The minimum absolute atomic E-state index is 0.738. The van der Waals surface area contributed by atoms with Crippen molar-refractivity contribution in [3.05, 3.63) is 11.1 Å². The highest BCUT2D eigenvalue weighted by Crippen LogP contribution is 2.19. The number of hydrogen-bond acceptors (Lipinski definition) is 6. The van der Waals surface area contributed by atoms with E-state index in [0.717, 1.165) is 50.0 Å². The predicted molar refractivity (Wildman–Crippen MR) is 82.1 cm³/mol. The van der Waals surface area contributed by atoms with E-state index >= 15 is 0 Å². The van der Waals surface area contributed by atoms with Gasteiger partial charge in [0.05, 0.1) is 12.3 Å². The van der Waals surface area contributed by atoms with Crippen LogP contribution in [0.2, 0.25) is 0 Å². The van der Waals surface area contributed by atoms with Crippen LogP contribution in [0.1, 0.15) is 12.1 Å². The van der Waals surface area contributed by atoms with Crippen molar-refractivity contribution in [2.24, 2.45) is 0 Å². The molecule has 0 atom stereocenters. The van der Waals surface area contributed by atoms with Crippen molar-refractivity contribution in [2.75, 3.05) is 59.4 Å². The lowest BCUT2D eigenvalue weighted by molar-refractivity contribution is 0.199. The van der Waals surface area contributed by atoms with Crippen molar-refractivity contribution in [3.63, 3.8) is 0 Å². The van der Waals surface area contributed by atoms with E-state index in [1.54, 1.807) is 18.4 Å². The van der Waals surface area contributed by atoms with Crippen LogP contribution in [0.4, 0.5) is 5.13 Å². The van der Waals surface area contributed by atoms with E-state index in [4.69, 9.17) is 4.74 Å². The first-order valence-electron chi connectivity index (χ1n) is 6.63. The molecule has 0 amide bonds. The Morgan fingerprint density at radius 2 is 2.11 bits per heavy atom. The number of anilines is 1. The second-order valence-corrected chi connectivity index (χ2v) is 5.71. The van der Waals surface area contributed by atoms with Crippen LogP contribution < -0.4 is 10.2 Å². The number of aromatic nitrogens is 1. The Kier molecular flexibility index (Phi) is 7.97. The molecule has 6 heteroatoms. The molecule has 1 rings (SSSR count). The maximum atomic E-state index is 4.99. The summed E-state index contributed by atoms with van der Waals surface area (Å²) < 4.78 is 4.99. The highest BCUT2D eigenvalue weighted by atomic mass is 32.1. The van der Waals surface area contributed by atoms with Gasteiger partial charge in [-0.2, -0.15) is 0 Å². The first-order valence-corrected chi connectivity index (χ1v) is 7.51. The van der Waals surface area contributed by atoms with Gasteiger partial charge in [-0.25, -0.2) is 4.98 Å². The molecule has 0 fully saturated rings. The van der Waals surface area contributed by atoms with Crippen molar-refractivity contribution in [1.29, 1.82) is 0 Å². The van der Waals surface area contributed by atoms with E-state index < -0.39 is 0 Å². The van der Waals surface area contributed by atoms with E-state index in [-0.39, 0.29) is 0 Å². The maximum absolute atomic E-state index is 4.99. The summed E-state index contributed by atoms with van der Waals surface area (Å²) in [5.41, 5.74) is 1.11. The minimum atomic E-state index is 0.738. The average molecular weight is 286 g/mol. The molecule has 0 unspecified atom stereocenters. The second kappa shape index (κ2) is 9.25. The third-order valence-corrected chi connectivity index (χ3v) is 3.76. The van der Waals surface area contributed by atoms with E-state index in [2.05, 4.69) is 46.6 Å². The zero-order valence-corrected chi connectivity index (χ0v) is 13.3. The predicted octanol–water partition coefficient (Wildman–Crippen LogP) is 1.27. The van der Waals surface area contributed by atoms with Crippen LogP contribution >= 0.6 is 11.3 Å². The molecule has 1 aromatic heterocycles. The molecule has 0 aliphatic rings. The van der Waals surface area contributed by atoms with Crippen molar-refractivity contribution < 1.29 is 4.74 Å². The summed E-state index contributed by atoms with van der Waals surface area (Å²) in [5, 5.41) is 6.53. The van der Waals surface area contributed by atoms with E-state index in [0.29, 0.717) is 0 Å². The van der Waals surface area contributed by atoms with Crippen LogP contribution in [0.3, 0.4) is 0 Å². The fraction of sp³-hybridized carbons (Fsp3) is 0.769. The van der Waals surface area contributed by atoms with Gasteiger partial charge in [0.2, 0.25) is 0 Å². The molecular formula is C13H26N4OS. The summed E-state index contributed by atoms with van der Waals surface area (Å²) in [6.45, 7) is 4.57. The molecule has 5 nitrogen and oxygen atoms in total. The number of thiazole rings is 1. The Morgan fingerprint density at radius 3 is 2.79 bits per heavy atom. The average Bonchev–Trinajstić information content (AvgIpc) is 2.83. The van der Waals surface area contributed by atoms with Crippen LogP contribution in [0.25, 0.3) is 0 Å². The molecule has 1 aromatic rings. The largest absolute Gasteiger partial charge is 0.383 e. The fourth-order valence-corrected chi connectivity index (χ4v) is 2.48. The standard InChI is InChI=1S/C13H26N4OS/c1-16(2)7-5-8-17(3)13-15-12(11-19-13)10-14-6-9-18-4/h11,14H,5-10H2,1-4H3. The molecule has 0 bridgehead atoms. The molecule has 0 radical (unpaired) electrons. The van der Waals surface area contributed by atoms with Gasteiger partial charge in [0.1, 0.15) is 0 Å². The fourth-order valence-electron chi connectivity index (χ4n) is 1.66. The molecule has 1 N–H and O–H groups in total. The molecule has 0 aliphatic heterocycles. The van der Waals surface area contributed by atoms with Crippen molar-refractivity contribution in [3.8, 4) is 0 Å². The normalized spacial score (nSPS) is 11.2. The van der Waals surface area contributed by atoms with Gasteiger partial charge in [0.15, 0.2) is 5.13 Å². The molecule has 0 saturated heterocycles. The summed E-state index contributed by atoms with van der Waals surface area (Å²) in [5.74, 6) is 0. The Balaban J connectivity index is 2.28. The molecular weight excluding hydrogens is 260 g/mol. The Hall–Kier alpha value is -0.690. The number of ether oxygens (including phenoxy) is 1. The van der Waals surface area contributed by atoms with Crippen molar-refractivity contribution >= 4 is 16.5 Å². The molecule has 0 aromatic carbocycles. The van der Waals surface area contributed by atoms with E-state index in [1.165, 1.54) is 0 Å². The Bertz CT molecular complexity index is 343. The number of nitrogens with zero attached hydrogens (tertiary/aromatic N) is 3. The molecule has 0 aliphatic carbocycles. The molecule has 110 valence electrons. The van der Waals surface area contributed by atoms with Crippen LogP contribution in [-0.2, 0) is 11.3 Å². The second-order valence-electron chi connectivity index (χ2n) is 4.87. The number of nitrogens with one attached hydrogen (secondary N) is 1. The molecule has 0 spiro atoms. The molecule has 19 heavy (non-hydrogen) atoms. The van der Waals surface area contributed by atoms with Crippen LogP contribution in [0.5, 0.6) is 0 Å². The van der Waals surface area contributed by atoms with Gasteiger partial charge in [-0.05, 0) is 27.1 Å². The number of methoxy groups -OCH3 is 1. The van der Waals surface area contributed by atoms with Crippen molar-refractivity contribution in [2.45, 2.75) is 13.0 Å². The van der Waals surface area contributed by atoms with Gasteiger partial charge < -0.3 is 19.9 Å². The number of hydrogen-bond donors (Lipinski definition) is 1. The lowest BCUT2D eigenvalue weighted by Gasteiger charge is -2.17. The minimum Gasteiger partial charge on any atom is -0.383 e. The van der Waals surface area contributed by atoms with Crippen LogP contribution in [0.15, 0.2) is 5.38 Å². The quantitative estimate of drug-likeness (QED) is 0.656. The third kappa shape index (κ3) is 6.87. The highest BCUT2D eigenvalue weighted by Gasteiger charge is 2.06. The SMILES string of the molecule is COCCNCc1csc(N(C)CCCN(C)C)n1. The highest BCUT2D eigenvalue weighted by molar-refractivity contribution is 7.13. The molecule has 1 heterocycles. The monoisotopic (exact) mass is 286 g/mol. The lowest BCUT2D eigenvalue weighted by atomic mass is 10.4. The summed E-state index contributed by atoms with van der Waals surface area (Å²) in [4.78, 5) is 9.07. The van der Waals surface area contributed by atoms with Crippen LogP contribution in [-0.4, -0.2) is 64.4 Å². The van der Waals surface area contributed by atoms with Gasteiger partial charge >= 0.3 is 0 Å². The first-order chi connectivity index (χ1) is 9.13. The number of rotatable bonds is 10. The van der Waals surface area contributed by atoms with E-state index in [1.807, 2.05) is 0 Å². The van der Waals surface area contributed by atoms with Gasteiger partial charge in [-0.15, -0.1) is 11.3 Å². The van der Waals surface area contributed by atoms with Gasteiger partial charge in [-0.1, -0.05) is 0 Å². The van der Waals surface area contributed by atoms with E-state index in [9.17, 15) is 0 Å². The van der Waals surface area contributed by atoms with Crippen molar-refractivity contribution in [1.82, 2.24) is 15.2 Å². The van der Waals surface area contributed by atoms with Crippen LogP contribution in [0, 0.1) is 0 Å². The van der Waals surface area contributed by atoms with Gasteiger partial charge in [0.25, 0.3) is 0 Å². The first kappa shape index (κ1) is 16.4. The maximum Gasteiger partial charge on any atom is 0.185 e. The third-order valence-electron chi connectivity index (χ3n) is 2.75. The Morgan fingerprint density at radius 1 is 1.32 bits per heavy atom. The lowest BCUT2D eigenvalue weighted by Crippen LogP contribution is -2.23. The zero-order chi connectivity index (χ0) is 14.1. The van der Waals surface area contributed by atoms with Gasteiger partial charge in [-0.3, -0.25) is 0 Å². The Labute approximate surface area is 120 Å². The molecule has 0 saturated carbocycles. The summed E-state index contributed by atoms with van der Waals surface area (Å²) in [6.07, 6.45) is 1.16. The summed E-state index contributed by atoms with van der Waals surface area (Å²) in [6, 6.07) is 0. The smallest absolute Gasteiger partial charge is 0.185 e. The summed E-state index contributed by atoms with van der Waals surface area (Å²) in [7, 11) is 8.03. The summed E-state index contributed by atoms with van der Waals surface area (Å²) >= 11 is 1.71. The van der Waals surface area contributed by atoms with Gasteiger partial charge in [0, 0.05) is 39.2 Å².